The summed E-state index contributed by atoms with van der Waals surface area (Å²) in [4.78, 5) is 7.34. The second-order valence-corrected chi connectivity index (χ2v) is 9.99. The molecule has 0 spiro atoms. The Bertz CT molecular complexity index is 1220. The molecule has 0 aliphatic heterocycles. The SMILES string of the molecule is Cc1ccc2c(n1)c(Cc1ccc(S(=O)(=O)N(C)C)cc1)c(C)n2C/C(F)=C/CNCl. The first-order valence-electron chi connectivity index (χ1n) is 9.80. The molecule has 0 aliphatic carbocycles. The van der Waals surface area contributed by atoms with Crippen molar-refractivity contribution in [3.63, 3.8) is 0 Å². The van der Waals surface area contributed by atoms with Crippen LogP contribution < -0.4 is 4.84 Å². The van der Waals surface area contributed by atoms with Crippen LogP contribution in [0.1, 0.15) is 22.5 Å². The summed E-state index contributed by atoms with van der Waals surface area (Å²) in [7, 11) is -0.465. The van der Waals surface area contributed by atoms with E-state index in [2.05, 4.69) is 4.84 Å². The molecule has 3 aromatic rings. The lowest BCUT2D eigenvalue weighted by Crippen LogP contribution is -2.22. The summed E-state index contributed by atoms with van der Waals surface area (Å²) in [6.07, 6.45) is 1.96. The number of pyridine rings is 1. The molecule has 1 N–H and O–H groups in total. The monoisotopic (exact) mass is 464 g/mol. The molecule has 0 amide bonds. The van der Waals surface area contributed by atoms with E-state index in [1.165, 1.54) is 24.5 Å². The molecule has 3 rings (SSSR count). The lowest BCUT2D eigenvalue weighted by molar-refractivity contribution is 0.520. The number of fused-ring (bicyclic) bond motifs is 1. The van der Waals surface area contributed by atoms with E-state index in [1.54, 1.807) is 24.3 Å². The average molecular weight is 465 g/mol. The Morgan fingerprint density at radius 3 is 2.48 bits per heavy atom. The van der Waals surface area contributed by atoms with Gasteiger partial charge in [-0.15, -0.1) is 0 Å². The minimum absolute atomic E-state index is 0.0889. The van der Waals surface area contributed by atoms with E-state index >= 15 is 0 Å². The highest BCUT2D eigenvalue weighted by Gasteiger charge is 2.19. The number of allylic oxidation sites excluding steroid dienone is 1. The molecule has 1 aromatic carbocycles. The first-order valence-corrected chi connectivity index (χ1v) is 11.6. The van der Waals surface area contributed by atoms with Gasteiger partial charge in [0.2, 0.25) is 10.0 Å². The molecule has 0 aliphatic rings. The highest BCUT2D eigenvalue weighted by atomic mass is 35.5. The van der Waals surface area contributed by atoms with Gasteiger partial charge in [0.05, 0.1) is 22.5 Å². The Kier molecular flexibility index (Phi) is 7.16. The van der Waals surface area contributed by atoms with Crippen molar-refractivity contribution in [1.29, 1.82) is 0 Å². The largest absolute Gasteiger partial charge is 0.336 e. The van der Waals surface area contributed by atoms with Crippen LogP contribution in [0.4, 0.5) is 4.39 Å². The van der Waals surface area contributed by atoms with Crippen molar-refractivity contribution in [2.75, 3.05) is 20.6 Å². The number of aromatic nitrogens is 2. The van der Waals surface area contributed by atoms with Crippen molar-refractivity contribution < 1.29 is 12.8 Å². The van der Waals surface area contributed by atoms with Gasteiger partial charge in [0.25, 0.3) is 0 Å². The van der Waals surface area contributed by atoms with E-state index in [-0.39, 0.29) is 23.8 Å². The van der Waals surface area contributed by atoms with Crippen molar-refractivity contribution in [3.05, 3.63) is 70.8 Å². The minimum atomic E-state index is -3.48. The van der Waals surface area contributed by atoms with E-state index < -0.39 is 10.0 Å². The molecule has 9 heteroatoms. The number of hydrogen-bond donors (Lipinski definition) is 1. The normalized spacial score (nSPS) is 12.8. The van der Waals surface area contributed by atoms with Gasteiger partial charge in [0.1, 0.15) is 5.83 Å². The standard InChI is InChI=1S/C22H26ClFN4O2S/c1-15-5-10-21-22(26-15)20(16(2)28(21)14-18(24)11-12-25-23)13-17-6-8-19(9-7-17)31(29,30)27(3)4/h5-11,25H,12-14H2,1-4H3/b18-11-. The fourth-order valence-electron chi connectivity index (χ4n) is 3.48. The van der Waals surface area contributed by atoms with Crippen molar-refractivity contribution >= 4 is 32.8 Å². The number of nitrogens with one attached hydrogen (secondary N) is 1. The Balaban J connectivity index is 2.01. The van der Waals surface area contributed by atoms with Gasteiger partial charge in [0, 0.05) is 44.0 Å². The van der Waals surface area contributed by atoms with Crippen LogP contribution in [-0.2, 0) is 23.0 Å². The summed E-state index contributed by atoms with van der Waals surface area (Å²) in [5.74, 6) is -0.293. The molecule has 0 unspecified atom stereocenters. The van der Waals surface area contributed by atoms with Crippen LogP contribution in [0.2, 0.25) is 0 Å². The van der Waals surface area contributed by atoms with Gasteiger partial charge in [0.15, 0.2) is 0 Å². The van der Waals surface area contributed by atoms with Gasteiger partial charge in [-0.3, -0.25) is 4.98 Å². The maximum absolute atomic E-state index is 14.4. The fraction of sp³-hybridized carbons (Fsp3) is 0.318. The zero-order valence-electron chi connectivity index (χ0n) is 18.0. The molecular formula is C22H26ClFN4O2S. The van der Waals surface area contributed by atoms with Crippen LogP contribution in [0.25, 0.3) is 11.0 Å². The van der Waals surface area contributed by atoms with Crippen molar-refractivity contribution in [3.8, 4) is 0 Å². The first-order chi connectivity index (χ1) is 14.6. The number of hydrogen-bond acceptors (Lipinski definition) is 4. The van der Waals surface area contributed by atoms with Crippen LogP contribution in [0, 0.1) is 13.8 Å². The smallest absolute Gasteiger partial charge is 0.242 e. The highest BCUT2D eigenvalue weighted by molar-refractivity contribution is 7.89. The maximum atomic E-state index is 14.4. The second kappa shape index (κ2) is 9.48. The van der Waals surface area contributed by atoms with E-state index in [9.17, 15) is 12.8 Å². The summed E-state index contributed by atoms with van der Waals surface area (Å²) >= 11 is 5.42. The third kappa shape index (κ3) is 4.98. The number of benzene rings is 1. The van der Waals surface area contributed by atoms with E-state index in [0.29, 0.717) is 6.42 Å². The number of halogens is 2. The van der Waals surface area contributed by atoms with Gasteiger partial charge >= 0.3 is 0 Å². The number of nitrogens with zero attached hydrogens (tertiary/aromatic N) is 3. The van der Waals surface area contributed by atoms with E-state index in [0.717, 1.165) is 33.5 Å². The van der Waals surface area contributed by atoms with E-state index in [1.807, 2.05) is 30.5 Å². The summed E-state index contributed by atoms with van der Waals surface area (Å²) in [6.45, 7) is 4.19. The molecule has 0 atom stereocenters. The van der Waals surface area contributed by atoms with Crippen molar-refractivity contribution in [2.45, 2.75) is 31.7 Å². The lowest BCUT2D eigenvalue weighted by atomic mass is 10.0. The van der Waals surface area contributed by atoms with Gasteiger partial charge in [-0.25, -0.2) is 21.9 Å². The third-order valence-corrected chi connectivity index (χ3v) is 7.21. The third-order valence-electron chi connectivity index (χ3n) is 5.22. The Hall–Kier alpha value is -2.26. The van der Waals surface area contributed by atoms with Crippen LogP contribution in [0.5, 0.6) is 0 Å². The molecule has 2 aromatic heterocycles. The summed E-state index contributed by atoms with van der Waals surface area (Å²) in [5, 5.41) is 0. The van der Waals surface area contributed by atoms with Gasteiger partial charge < -0.3 is 4.57 Å². The fourth-order valence-corrected chi connectivity index (χ4v) is 4.46. The Morgan fingerprint density at radius 2 is 1.87 bits per heavy atom. The molecule has 166 valence electrons. The number of aryl methyl sites for hydroxylation is 1. The molecule has 31 heavy (non-hydrogen) atoms. The zero-order chi connectivity index (χ0) is 22.8. The molecule has 0 saturated heterocycles. The number of sulfonamides is 1. The summed E-state index contributed by atoms with van der Waals surface area (Å²) in [5.41, 5.74) is 5.41. The van der Waals surface area contributed by atoms with Gasteiger partial charge in [-0.1, -0.05) is 12.1 Å². The molecule has 0 radical (unpaired) electrons. The Labute approximate surface area is 187 Å². The minimum Gasteiger partial charge on any atom is -0.336 e. The van der Waals surface area contributed by atoms with E-state index in [4.69, 9.17) is 16.8 Å². The molecule has 2 heterocycles. The predicted octanol–water partition coefficient (Wildman–Crippen LogP) is 4.09. The molecule has 0 saturated carbocycles. The number of rotatable bonds is 8. The van der Waals surface area contributed by atoms with Gasteiger partial charge in [-0.2, -0.15) is 0 Å². The first kappa shape index (κ1) is 23.4. The molecule has 0 fully saturated rings. The zero-order valence-corrected chi connectivity index (χ0v) is 19.6. The van der Waals surface area contributed by atoms with Gasteiger partial charge in [-0.05, 0) is 61.5 Å². The van der Waals surface area contributed by atoms with Crippen molar-refractivity contribution in [2.24, 2.45) is 0 Å². The van der Waals surface area contributed by atoms with Crippen LogP contribution in [0.3, 0.4) is 0 Å². The highest BCUT2D eigenvalue weighted by Crippen LogP contribution is 2.28. The average Bonchev–Trinajstić information content (AvgIpc) is 2.97. The molecule has 6 nitrogen and oxygen atoms in total. The Morgan fingerprint density at radius 1 is 1.19 bits per heavy atom. The predicted molar refractivity (Wildman–Crippen MR) is 122 cm³/mol. The van der Waals surface area contributed by atoms with Crippen molar-refractivity contribution in [1.82, 2.24) is 18.7 Å². The summed E-state index contributed by atoms with van der Waals surface area (Å²) < 4.78 is 42.1. The quantitative estimate of drug-likeness (QED) is 0.510. The lowest BCUT2D eigenvalue weighted by Gasteiger charge is -2.12. The summed E-state index contributed by atoms with van der Waals surface area (Å²) in [6, 6.07) is 10.7. The second-order valence-electron chi connectivity index (χ2n) is 7.57. The van der Waals surface area contributed by atoms with Crippen LogP contribution >= 0.6 is 11.8 Å². The molecule has 0 bridgehead atoms. The molecular weight excluding hydrogens is 439 g/mol. The van der Waals surface area contributed by atoms with Crippen LogP contribution in [0.15, 0.2) is 53.2 Å². The topological polar surface area (TPSA) is 67.2 Å². The van der Waals surface area contributed by atoms with Crippen LogP contribution in [-0.4, -0.2) is 42.9 Å². The maximum Gasteiger partial charge on any atom is 0.242 e.